The molecule has 0 fully saturated rings. The lowest BCUT2D eigenvalue weighted by Crippen LogP contribution is -2.24. The third kappa shape index (κ3) is 4.30. The maximum atomic E-state index is 11.9. The molecule has 1 amide bonds. The SMILES string of the molecule is COc1ccc(OCC(=O)N/N=C/c2c[nH]c3ccccc23)c(I)c1. The molecule has 0 atom stereocenters. The van der Waals surface area contributed by atoms with E-state index < -0.39 is 0 Å². The lowest BCUT2D eigenvalue weighted by molar-refractivity contribution is -0.123. The molecule has 3 aromatic rings. The number of hydrazone groups is 1. The molecular weight excluding hydrogens is 433 g/mol. The Balaban J connectivity index is 1.54. The van der Waals surface area contributed by atoms with E-state index in [2.05, 4.69) is 38.1 Å². The first-order valence-corrected chi connectivity index (χ1v) is 8.59. The second kappa shape index (κ2) is 8.02. The van der Waals surface area contributed by atoms with E-state index in [0.717, 1.165) is 25.8 Å². The number of carbonyl (C=O) groups is 1. The molecule has 1 heterocycles. The van der Waals surface area contributed by atoms with Crippen LogP contribution < -0.4 is 14.9 Å². The Morgan fingerprint density at radius 2 is 2.16 bits per heavy atom. The van der Waals surface area contributed by atoms with Crippen LogP contribution in [0.2, 0.25) is 0 Å². The highest BCUT2D eigenvalue weighted by Crippen LogP contribution is 2.25. The Kier molecular flexibility index (Phi) is 5.54. The van der Waals surface area contributed by atoms with Crippen molar-refractivity contribution >= 4 is 45.6 Å². The molecule has 0 aliphatic carbocycles. The van der Waals surface area contributed by atoms with Crippen LogP contribution in [0.4, 0.5) is 0 Å². The van der Waals surface area contributed by atoms with Crippen LogP contribution in [0.5, 0.6) is 11.5 Å². The minimum Gasteiger partial charge on any atom is -0.497 e. The molecule has 0 saturated carbocycles. The number of aromatic nitrogens is 1. The van der Waals surface area contributed by atoms with Crippen molar-refractivity contribution in [1.29, 1.82) is 0 Å². The Labute approximate surface area is 158 Å². The summed E-state index contributed by atoms with van der Waals surface area (Å²) in [6.07, 6.45) is 3.45. The molecule has 128 valence electrons. The van der Waals surface area contributed by atoms with E-state index in [-0.39, 0.29) is 12.5 Å². The van der Waals surface area contributed by atoms with Gasteiger partial charge in [0.1, 0.15) is 11.5 Å². The fourth-order valence-corrected chi connectivity index (χ4v) is 2.92. The van der Waals surface area contributed by atoms with Gasteiger partial charge in [0, 0.05) is 22.7 Å². The second-order valence-electron chi connectivity index (χ2n) is 5.17. The molecule has 0 aliphatic heterocycles. The van der Waals surface area contributed by atoms with E-state index in [1.165, 1.54) is 0 Å². The van der Waals surface area contributed by atoms with Gasteiger partial charge in [-0.1, -0.05) is 18.2 Å². The maximum absolute atomic E-state index is 11.9. The summed E-state index contributed by atoms with van der Waals surface area (Å²) in [6.45, 7) is -0.118. The molecule has 25 heavy (non-hydrogen) atoms. The van der Waals surface area contributed by atoms with Gasteiger partial charge < -0.3 is 14.5 Å². The number of hydrogen-bond donors (Lipinski definition) is 2. The zero-order chi connectivity index (χ0) is 17.6. The summed E-state index contributed by atoms with van der Waals surface area (Å²) in [5.41, 5.74) is 4.39. The number of halogens is 1. The number of amides is 1. The van der Waals surface area contributed by atoms with Crippen molar-refractivity contribution in [2.24, 2.45) is 5.10 Å². The van der Waals surface area contributed by atoms with Crippen molar-refractivity contribution in [2.45, 2.75) is 0 Å². The zero-order valence-electron chi connectivity index (χ0n) is 13.5. The van der Waals surface area contributed by atoms with Crippen LogP contribution in [0.3, 0.4) is 0 Å². The predicted molar refractivity (Wildman–Crippen MR) is 105 cm³/mol. The lowest BCUT2D eigenvalue weighted by Gasteiger charge is -2.08. The molecular formula is C18H16IN3O3. The van der Waals surface area contributed by atoms with Crippen molar-refractivity contribution in [3.8, 4) is 11.5 Å². The molecule has 2 aromatic carbocycles. The zero-order valence-corrected chi connectivity index (χ0v) is 15.6. The monoisotopic (exact) mass is 449 g/mol. The van der Waals surface area contributed by atoms with Crippen molar-refractivity contribution < 1.29 is 14.3 Å². The number of rotatable bonds is 6. The van der Waals surface area contributed by atoms with Crippen molar-refractivity contribution in [2.75, 3.05) is 13.7 Å². The van der Waals surface area contributed by atoms with Gasteiger partial charge in [0.2, 0.25) is 0 Å². The molecule has 0 saturated heterocycles. The molecule has 7 heteroatoms. The fourth-order valence-electron chi connectivity index (χ4n) is 2.28. The third-order valence-corrected chi connectivity index (χ3v) is 4.35. The average molecular weight is 449 g/mol. The highest BCUT2D eigenvalue weighted by Gasteiger charge is 2.06. The van der Waals surface area contributed by atoms with Gasteiger partial charge in [0.05, 0.1) is 16.9 Å². The molecule has 0 unspecified atom stereocenters. The number of nitrogens with one attached hydrogen (secondary N) is 2. The predicted octanol–water partition coefficient (Wildman–Crippen LogP) is 3.31. The van der Waals surface area contributed by atoms with Crippen LogP contribution in [0.15, 0.2) is 53.8 Å². The molecule has 0 aliphatic rings. The quantitative estimate of drug-likeness (QED) is 0.345. The Morgan fingerprint density at radius 1 is 1.32 bits per heavy atom. The fraction of sp³-hybridized carbons (Fsp3) is 0.111. The van der Waals surface area contributed by atoms with E-state index in [0.29, 0.717) is 5.75 Å². The van der Waals surface area contributed by atoms with Crippen molar-refractivity contribution in [3.05, 3.63) is 57.8 Å². The number of aromatic amines is 1. The van der Waals surface area contributed by atoms with Crippen molar-refractivity contribution in [1.82, 2.24) is 10.4 Å². The van der Waals surface area contributed by atoms with E-state index in [9.17, 15) is 4.79 Å². The topological polar surface area (TPSA) is 75.7 Å². The Hall–Kier alpha value is -2.55. The minimum atomic E-state index is -0.331. The number of fused-ring (bicyclic) bond motifs is 1. The summed E-state index contributed by atoms with van der Waals surface area (Å²) in [5, 5.41) is 5.03. The molecule has 0 spiro atoms. The summed E-state index contributed by atoms with van der Waals surface area (Å²) >= 11 is 2.13. The van der Waals surface area contributed by atoms with Gasteiger partial charge in [0.15, 0.2) is 6.61 Å². The average Bonchev–Trinajstić information content (AvgIpc) is 3.04. The summed E-state index contributed by atoms with van der Waals surface area (Å²) in [4.78, 5) is 15.0. The van der Waals surface area contributed by atoms with Crippen LogP contribution in [-0.4, -0.2) is 30.8 Å². The van der Waals surface area contributed by atoms with Gasteiger partial charge in [-0.3, -0.25) is 4.79 Å². The minimum absolute atomic E-state index is 0.118. The summed E-state index contributed by atoms with van der Waals surface area (Å²) in [6, 6.07) is 13.3. The highest BCUT2D eigenvalue weighted by molar-refractivity contribution is 14.1. The number of carbonyl (C=O) groups excluding carboxylic acids is 1. The molecule has 0 radical (unpaired) electrons. The Morgan fingerprint density at radius 3 is 2.96 bits per heavy atom. The van der Waals surface area contributed by atoms with Crippen molar-refractivity contribution in [3.63, 3.8) is 0 Å². The van der Waals surface area contributed by atoms with Crippen LogP contribution >= 0.6 is 22.6 Å². The molecule has 1 aromatic heterocycles. The van der Waals surface area contributed by atoms with Crippen LogP contribution in [0.1, 0.15) is 5.56 Å². The summed E-state index contributed by atoms with van der Waals surface area (Å²) in [7, 11) is 1.60. The van der Waals surface area contributed by atoms with E-state index in [1.807, 2.05) is 36.5 Å². The van der Waals surface area contributed by atoms with Crippen LogP contribution in [-0.2, 0) is 4.79 Å². The van der Waals surface area contributed by atoms with Crippen LogP contribution in [0.25, 0.3) is 10.9 Å². The first kappa shape index (κ1) is 17.3. The first-order valence-electron chi connectivity index (χ1n) is 7.52. The standard InChI is InChI=1S/C18H16IN3O3/c1-24-13-6-7-17(15(19)8-13)25-11-18(23)22-21-10-12-9-20-16-5-3-2-4-14(12)16/h2-10,20H,11H2,1H3,(H,22,23)/b21-10+. The summed E-state index contributed by atoms with van der Waals surface area (Å²) < 4.78 is 11.5. The maximum Gasteiger partial charge on any atom is 0.277 e. The number of methoxy groups -OCH3 is 1. The normalized spacial score (nSPS) is 11.0. The van der Waals surface area contributed by atoms with E-state index >= 15 is 0 Å². The van der Waals surface area contributed by atoms with Crippen LogP contribution in [0, 0.1) is 3.57 Å². The van der Waals surface area contributed by atoms with E-state index in [4.69, 9.17) is 9.47 Å². The molecule has 0 bridgehead atoms. The highest BCUT2D eigenvalue weighted by atomic mass is 127. The smallest absolute Gasteiger partial charge is 0.277 e. The lowest BCUT2D eigenvalue weighted by atomic mass is 10.2. The van der Waals surface area contributed by atoms with Gasteiger partial charge in [-0.15, -0.1) is 0 Å². The second-order valence-corrected chi connectivity index (χ2v) is 6.33. The van der Waals surface area contributed by atoms with Gasteiger partial charge in [-0.05, 0) is 46.9 Å². The van der Waals surface area contributed by atoms with Gasteiger partial charge in [-0.25, -0.2) is 5.43 Å². The largest absolute Gasteiger partial charge is 0.497 e. The van der Waals surface area contributed by atoms with Gasteiger partial charge in [-0.2, -0.15) is 5.10 Å². The number of H-pyrrole nitrogens is 1. The number of hydrogen-bond acceptors (Lipinski definition) is 4. The third-order valence-electron chi connectivity index (χ3n) is 3.51. The number of nitrogens with zero attached hydrogens (tertiary/aromatic N) is 1. The van der Waals surface area contributed by atoms with E-state index in [1.54, 1.807) is 25.5 Å². The number of ether oxygens (including phenoxy) is 2. The van der Waals surface area contributed by atoms with Gasteiger partial charge >= 0.3 is 0 Å². The number of para-hydroxylation sites is 1. The first-order chi connectivity index (χ1) is 12.2. The Bertz CT molecular complexity index is 921. The number of benzene rings is 2. The molecule has 2 N–H and O–H groups in total. The molecule has 6 nitrogen and oxygen atoms in total. The summed E-state index contributed by atoms with van der Waals surface area (Å²) in [5.74, 6) is 1.03. The van der Waals surface area contributed by atoms with Gasteiger partial charge in [0.25, 0.3) is 5.91 Å². The molecule has 3 rings (SSSR count).